The van der Waals surface area contributed by atoms with Gasteiger partial charge in [-0.2, -0.15) is 0 Å². The van der Waals surface area contributed by atoms with Gasteiger partial charge in [0.2, 0.25) is 0 Å². The minimum atomic E-state index is -0.264. The van der Waals surface area contributed by atoms with Gasteiger partial charge in [-0.25, -0.2) is 0 Å². The van der Waals surface area contributed by atoms with E-state index in [1.807, 2.05) is 33.0 Å². The van der Waals surface area contributed by atoms with Crippen LogP contribution in [-0.4, -0.2) is 68.8 Å². The Labute approximate surface area is 159 Å². The third-order valence-corrected chi connectivity index (χ3v) is 5.55. The normalized spacial score (nSPS) is 32.9. The molecule has 6 heteroatoms. The number of hydrogen-bond donors (Lipinski definition) is 2. The van der Waals surface area contributed by atoms with Crippen LogP contribution in [0.2, 0.25) is 5.82 Å². The Morgan fingerprint density at radius 2 is 2.19 bits per heavy atom. The van der Waals surface area contributed by atoms with E-state index in [9.17, 15) is 9.90 Å². The largest absolute Gasteiger partial charge is 0.394 e. The average Bonchev–Trinajstić information content (AvgIpc) is 3.55. The lowest BCUT2D eigenvalue weighted by atomic mass is 9.95. The number of aldehydes is 1. The molecule has 2 fully saturated rings. The summed E-state index contributed by atoms with van der Waals surface area (Å²) in [6.07, 6.45) is 8.99. The molecule has 1 saturated heterocycles. The molecule has 144 valence electrons. The van der Waals surface area contributed by atoms with Gasteiger partial charge in [-0.05, 0) is 31.9 Å². The zero-order valence-electron chi connectivity index (χ0n) is 16.5. The smallest absolute Gasteiger partial charge is 0.126 e. The van der Waals surface area contributed by atoms with E-state index in [1.165, 1.54) is 0 Å². The van der Waals surface area contributed by atoms with Crippen molar-refractivity contribution in [3.63, 3.8) is 0 Å². The Morgan fingerprint density at radius 1 is 1.50 bits per heavy atom. The van der Waals surface area contributed by atoms with E-state index < -0.39 is 0 Å². The molecule has 0 bridgehead atoms. The summed E-state index contributed by atoms with van der Waals surface area (Å²) >= 11 is 0. The van der Waals surface area contributed by atoms with Crippen molar-refractivity contribution in [2.45, 2.75) is 57.3 Å². The lowest BCUT2D eigenvalue weighted by molar-refractivity contribution is -0.109. The monoisotopic (exact) mass is 360 g/mol. The number of hydrogen-bond acceptors (Lipinski definition) is 5. The zero-order valence-corrected chi connectivity index (χ0v) is 16.5. The summed E-state index contributed by atoms with van der Waals surface area (Å²) in [4.78, 5) is 13.2. The Hall–Kier alpha value is -0.945. The quantitative estimate of drug-likeness (QED) is 0.240. The van der Waals surface area contributed by atoms with E-state index >= 15 is 0 Å². The van der Waals surface area contributed by atoms with E-state index in [1.54, 1.807) is 0 Å². The number of nitrogens with one attached hydrogen (secondary N) is 1. The molecule has 1 aliphatic carbocycles. The maximum Gasteiger partial charge on any atom is 0.126 e. The highest BCUT2D eigenvalue weighted by atomic mass is 16.5. The van der Waals surface area contributed by atoms with Gasteiger partial charge >= 0.3 is 0 Å². The van der Waals surface area contributed by atoms with E-state index in [0.29, 0.717) is 5.92 Å². The lowest BCUT2D eigenvalue weighted by Crippen LogP contribution is -2.51. The maximum absolute atomic E-state index is 10.9. The molecule has 0 spiro atoms. The molecule has 7 unspecified atom stereocenters. The van der Waals surface area contributed by atoms with Gasteiger partial charge in [-0.15, -0.1) is 0 Å². The number of allylic oxidation sites excluding steroid dienone is 3. The first-order valence-corrected chi connectivity index (χ1v) is 9.68. The molecule has 0 aromatic heterocycles. The Morgan fingerprint density at radius 3 is 2.69 bits per heavy atom. The van der Waals surface area contributed by atoms with Gasteiger partial charge in [0.25, 0.3) is 0 Å². The summed E-state index contributed by atoms with van der Waals surface area (Å²) in [5.74, 6) is 0.477. The van der Waals surface area contributed by atoms with Crippen LogP contribution in [0.4, 0.5) is 0 Å². The predicted molar refractivity (Wildman–Crippen MR) is 105 cm³/mol. The molecule has 1 aliphatic heterocycles. The Balaban J connectivity index is 1.85. The van der Waals surface area contributed by atoms with Crippen LogP contribution >= 0.6 is 0 Å². The summed E-state index contributed by atoms with van der Waals surface area (Å²) in [6, 6.07) is 0. The van der Waals surface area contributed by atoms with E-state index in [0.717, 1.165) is 37.8 Å². The highest BCUT2D eigenvalue weighted by molar-refractivity contribution is 6.14. The summed E-state index contributed by atoms with van der Waals surface area (Å²) in [6.45, 7) is 7.77. The van der Waals surface area contributed by atoms with Crippen molar-refractivity contribution < 1.29 is 14.6 Å². The van der Waals surface area contributed by atoms with Crippen LogP contribution < -0.4 is 5.32 Å². The fourth-order valence-electron chi connectivity index (χ4n) is 3.23. The van der Waals surface area contributed by atoms with Gasteiger partial charge < -0.3 is 20.0 Å². The fraction of sp³-hybridized carbons (Fsp3) is 0.750. The third kappa shape index (κ3) is 5.78. The van der Waals surface area contributed by atoms with Crippen LogP contribution in [0.1, 0.15) is 33.6 Å². The van der Waals surface area contributed by atoms with Gasteiger partial charge in [-0.3, -0.25) is 4.90 Å². The fourth-order valence-corrected chi connectivity index (χ4v) is 3.23. The molecular formula is C20H33BN2O3. The molecular weight excluding hydrogens is 327 g/mol. The van der Waals surface area contributed by atoms with E-state index in [-0.39, 0.29) is 36.2 Å². The second-order valence-corrected chi connectivity index (χ2v) is 7.79. The minimum absolute atomic E-state index is 0.0188. The molecule has 7 atom stereocenters. The van der Waals surface area contributed by atoms with Crippen molar-refractivity contribution in [2.24, 2.45) is 11.8 Å². The lowest BCUT2D eigenvalue weighted by Gasteiger charge is -2.31. The second-order valence-electron chi connectivity index (χ2n) is 7.79. The van der Waals surface area contributed by atoms with E-state index in [4.69, 9.17) is 12.6 Å². The van der Waals surface area contributed by atoms with Crippen LogP contribution in [0.25, 0.3) is 0 Å². The van der Waals surface area contributed by atoms with Gasteiger partial charge in [0.05, 0.1) is 26.1 Å². The molecule has 2 radical (unpaired) electrons. The number of carbonyl (C=O) groups is 1. The number of aliphatic hydroxyl groups is 1. The van der Waals surface area contributed by atoms with Crippen molar-refractivity contribution in [3.8, 4) is 0 Å². The summed E-state index contributed by atoms with van der Waals surface area (Å²) in [7, 11) is 7.86. The summed E-state index contributed by atoms with van der Waals surface area (Å²) < 4.78 is 6.06. The molecule has 1 saturated carbocycles. The number of carbonyl (C=O) groups excluding carboxylic acids is 1. The molecule has 0 aromatic carbocycles. The number of rotatable bonds is 12. The van der Waals surface area contributed by atoms with Crippen molar-refractivity contribution >= 4 is 14.1 Å². The van der Waals surface area contributed by atoms with Gasteiger partial charge in [0.1, 0.15) is 12.5 Å². The Bertz CT molecular complexity index is 525. The molecule has 5 nitrogen and oxygen atoms in total. The highest BCUT2D eigenvalue weighted by Gasteiger charge is 2.41. The summed E-state index contributed by atoms with van der Waals surface area (Å²) in [5, 5.41) is 12.9. The first-order chi connectivity index (χ1) is 12.4. The number of ether oxygens (including phenoxy) is 1. The number of nitrogens with zero attached hydrogens (tertiary/aromatic N) is 1. The van der Waals surface area contributed by atoms with Gasteiger partial charge in [0, 0.05) is 19.0 Å². The standard InChI is InChI=1S/C20H33BN2O3/c1-5-20(13-25,22-4)12-23-10-19(23)26-15(3)6-7-16(8-14(2)11-24)17-9-18(17)21/h6-8,11,14-15,17-19,22,25H,5,9-10,12-13H2,1-4H3/b7-6-,16-8+. The van der Waals surface area contributed by atoms with Gasteiger partial charge in [0.15, 0.2) is 0 Å². The van der Waals surface area contributed by atoms with Crippen LogP contribution in [0.3, 0.4) is 0 Å². The molecule has 26 heavy (non-hydrogen) atoms. The highest BCUT2D eigenvalue weighted by Crippen LogP contribution is 2.47. The Kier molecular flexibility index (Phi) is 7.65. The number of likely N-dealkylation sites (N-methyl/N-ethyl adjacent to an activating group) is 1. The third-order valence-electron chi connectivity index (χ3n) is 5.55. The van der Waals surface area contributed by atoms with Gasteiger partial charge in [-0.1, -0.05) is 44.3 Å². The van der Waals surface area contributed by atoms with Crippen molar-refractivity contribution in [3.05, 3.63) is 23.8 Å². The van der Waals surface area contributed by atoms with Crippen LogP contribution in [0, 0.1) is 11.8 Å². The first kappa shape index (κ1) is 21.4. The molecule has 1 heterocycles. The van der Waals surface area contributed by atoms with Crippen LogP contribution in [-0.2, 0) is 9.53 Å². The maximum atomic E-state index is 10.9. The first-order valence-electron chi connectivity index (χ1n) is 9.68. The number of aliphatic hydroxyl groups excluding tert-OH is 1. The van der Waals surface area contributed by atoms with Crippen LogP contribution in [0.5, 0.6) is 0 Å². The molecule has 2 N–H and O–H groups in total. The van der Waals surface area contributed by atoms with E-state index in [2.05, 4.69) is 23.2 Å². The molecule has 2 rings (SSSR count). The van der Waals surface area contributed by atoms with Crippen molar-refractivity contribution in [1.82, 2.24) is 10.2 Å². The molecule has 0 amide bonds. The zero-order chi connectivity index (χ0) is 19.3. The average molecular weight is 360 g/mol. The SMILES string of the molecule is [B]C1CC1C(/C=C\C(C)OC1CN1CC(CC)(CO)NC)=C/C(C)C=O. The summed E-state index contributed by atoms with van der Waals surface area (Å²) in [5.41, 5.74) is 0.876. The molecule has 2 aliphatic rings. The second kappa shape index (κ2) is 9.31. The van der Waals surface area contributed by atoms with Crippen LogP contribution in [0.15, 0.2) is 23.8 Å². The minimum Gasteiger partial charge on any atom is -0.394 e. The topological polar surface area (TPSA) is 61.6 Å². The molecule has 0 aromatic rings. The van der Waals surface area contributed by atoms with Crippen molar-refractivity contribution in [2.75, 3.05) is 26.7 Å². The van der Waals surface area contributed by atoms with Crippen molar-refractivity contribution in [1.29, 1.82) is 0 Å². The predicted octanol–water partition coefficient (Wildman–Crippen LogP) is 1.69.